The van der Waals surface area contributed by atoms with Crippen LogP contribution in [0.15, 0.2) is 42.5 Å². The molecular formula is C23H24F3N3O4S. The van der Waals surface area contributed by atoms with Gasteiger partial charge in [-0.1, -0.05) is 12.1 Å². The van der Waals surface area contributed by atoms with Crippen LogP contribution in [0.3, 0.4) is 0 Å². The number of nitrogens with zero attached hydrogens (tertiary/aromatic N) is 2. The Labute approximate surface area is 200 Å². The van der Waals surface area contributed by atoms with Crippen LogP contribution in [-0.4, -0.2) is 55.7 Å². The summed E-state index contributed by atoms with van der Waals surface area (Å²) in [6.07, 6.45) is -4.32. The summed E-state index contributed by atoms with van der Waals surface area (Å²) in [4.78, 5) is 28.0. The van der Waals surface area contributed by atoms with Gasteiger partial charge < -0.3 is 19.7 Å². The molecule has 34 heavy (non-hydrogen) atoms. The van der Waals surface area contributed by atoms with E-state index in [0.717, 1.165) is 22.6 Å². The molecule has 1 N–H and O–H groups in total. The van der Waals surface area contributed by atoms with E-state index in [1.54, 1.807) is 17.0 Å². The minimum Gasteiger partial charge on any atom is -0.493 e. The molecule has 2 amide bonds. The first-order chi connectivity index (χ1) is 16.1. The summed E-state index contributed by atoms with van der Waals surface area (Å²) in [5.41, 5.74) is -0.0308. The molecule has 1 saturated heterocycles. The maximum atomic E-state index is 13.2. The molecule has 182 valence electrons. The van der Waals surface area contributed by atoms with Gasteiger partial charge in [0.25, 0.3) is 5.91 Å². The zero-order chi connectivity index (χ0) is 25.0. The number of halogens is 3. The van der Waals surface area contributed by atoms with E-state index in [1.165, 1.54) is 33.4 Å². The molecule has 2 aromatic rings. The van der Waals surface area contributed by atoms with Gasteiger partial charge in [0.15, 0.2) is 16.6 Å². The van der Waals surface area contributed by atoms with Crippen molar-refractivity contribution in [2.24, 2.45) is 0 Å². The zero-order valence-corrected chi connectivity index (χ0v) is 19.6. The van der Waals surface area contributed by atoms with Gasteiger partial charge in [0.2, 0.25) is 5.91 Å². The number of benzene rings is 2. The van der Waals surface area contributed by atoms with Gasteiger partial charge in [0, 0.05) is 13.6 Å². The molecule has 1 atom stereocenters. The van der Waals surface area contributed by atoms with Crippen LogP contribution in [0, 0.1) is 0 Å². The standard InChI is InChI=1S/C23H24F3N3O4S/c1-27-20(30)13-17-21(31)29(16-6-4-5-15(12-16)23(24,25)26)22(34)28(17)10-9-14-7-8-18(32-2)19(11-14)33-3/h4-8,11-12,17H,9-10,13H2,1-3H3,(H,27,30). The highest BCUT2D eigenvalue weighted by atomic mass is 32.1. The molecule has 0 spiro atoms. The van der Waals surface area contributed by atoms with Crippen molar-refractivity contribution >= 4 is 34.8 Å². The van der Waals surface area contributed by atoms with Gasteiger partial charge in [0.1, 0.15) is 6.04 Å². The van der Waals surface area contributed by atoms with Gasteiger partial charge in [-0.2, -0.15) is 13.2 Å². The molecule has 1 aliphatic rings. The number of alkyl halides is 3. The van der Waals surface area contributed by atoms with Crippen LogP contribution >= 0.6 is 12.2 Å². The van der Waals surface area contributed by atoms with E-state index in [2.05, 4.69) is 5.32 Å². The van der Waals surface area contributed by atoms with Crippen LogP contribution in [0.25, 0.3) is 0 Å². The first-order valence-corrected chi connectivity index (χ1v) is 10.7. The minimum atomic E-state index is -4.57. The number of methoxy groups -OCH3 is 2. The van der Waals surface area contributed by atoms with Crippen molar-refractivity contribution in [3.8, 4) is 11.5 Å². The third-order valence-corrected chi connectivity index (χ3v) is 5.91. The number of anilines is 1. The average Bonchev–Trinajstić information content (AvgIpc) is 3.05. The molecule has 0 radical (unpaired) electrons. The summed E-state index contributed by atoms with van der Waals surface area (Å²) in [5.74, 6) is 0.155. The van der Waals surface area contributed by atoms with Crippen LogP contribution in [0.1, 0.15) is 17.5 Å². The van der Waals surface area contributed by atoms with Crippen LogP contribution in [-0.2, 0) is 22.2 Å². The Balaban J connectivity index is 1.90. The van der Waals surface area contributed by atoms with E-state index < -0.39 is 23.7 Å². The van der Waals surface area contributed by atoms with Crippen molar-refractivity contribution < 1.29 is 32.2 Å². The summed E-state index contributed by atoms with van der Waals surface area (Å²) >= 11 is 5.50. The first kappa shape index (κ1) is 25.3. The van der Waals surface area contributed by atoms with Crippen molar-refractivity contribution in [3.63, 3.8) is 0 Å². The van der Waals surface area contributed by atoms with Crippen molar-refractivity contribution in [3.05, 3.63) is 53.6 Å². The highest BCUT2D eigenvalue weighted by Gasteiger charge is 2.44. The fourth-order valence-electron chi connectivity index (χ4n) is 3.71. The second-order valence-electron chi connectivity index (χ2n) is 7.53. The van der Waals surface area contributed by atoms with E-state index in [1.807, 2.05) is 6.07 Å². The van der Waals surface area contributed by atoms with E-state index >= 15 is 0 Å². The van der Waals surface area contributed by atoms with Crippen LogP contribution < -0.4 is 19.7 Å². The fourth-order valence-corrected chi connectivity index (χ4v) is 4.12. The Kier molecular flexibility index (Phi) is 7.65. The summed E-state index contributed by atoms with van der Waals surface area (Å²) < 4.78 is 50.2. The molecule has 1 fully saturated rings. The molecule has 0 bridgehead atoms. The number of hydrogen-bond acceptors (Lipinski definition) is 5. The van der Waals surface area contributed by atoms with Crippen molar-refractivity contribution in [2.75, 3.05) is 32.7 Å². The summed E-state index contributed by atoms with van der Waals surface area (Å²) in [6.45, 7) is 0.261. The summed E-state index contributed by atoms with van der Waals surface area (Å²) in [6, 6.07) is 8.82. The fraction of sp³-hybridized carbons (Fsp3) is 0.348. The number of amides is 2. The normalized spacial score (nSPS) is 16.1. The smallest absolute Gasteiger partial charge is 0.416 e. The Hall–Kier alpha value is -3.34. The Morgan fingerprint density at radius 3 is 2.44 bits per heavy atom. The molecule has 0 saturated carbocycles. The lowest BCUT2D eigenvalue weighted by molar-refractivity contribution is -0.137. The lowest BCUT2D eigenvalue weighted by atomic mass is 10.1. The van der Waals surface area contributed by atoms with Crippen LogP contribution in [0.5, 0.6) is 11.5 Å². The number of nitrogens with one attached hydrogen (secondary N) is 1. The van der Waals surface area contributed by atoms with Gasteiger partial charge >= 0.3 is 6.18 Å². The molecule has 0 aromatic heterocycles. The SMILES string of the molecule is CNC(=O)CC1C(=O)N(c2cccc(C(F)(F)F)c2)C(=S)N1CCc1ccc(OC)c(OC)c1. The molecule has 11 heteroatoms. The van der Waals surface area contributed by atoms with E-state index in [-0.39, 0.29) is 29.7 Å². The number of carbonyl (C=O) groups is 2. The van der Waals surface area contributed by atoms with Gasteiger partial charge in [-0.3, -0.25) is 14.5 Å². The highest BCUT2D eigenvalue weighted by molar-refractivity contribution is 7.80. The van der Waals surface area contributed by atoms with E-state index in [4.69, 9.17) is 21.7 Å². The average molecular weight is 496 g/mol. The quantitative estimate of drug-likeness (QED) is 0.566. The van der Waals surface area contributed by atoms with Crippen LogP contribution in [0.4, 0.5) is 18.9 Å². The number of rotatable bonds is 8. The maximum absolute atomic E-state index is 13.2. The zero-order valence-electron chi connectivity index (χ0n) is 18.8. The van der Waals surface area contributed by atoms with Gasteiger partial charge in [-0.05, 0) is 54.5 Å². The monoisotopic (exact) mass is 495 g/mol. The Morgan fingerprint density at radius 2 is 1.82 bits per heavy atom. The molecule has 3 rings (SSSR count). The number of thiocarbonyl (C=S) groups is 1. The predicted octanol–water partition coefficient (Wildman–Crippen LogP) is 3.40. The molecule has 7 nitrogen and oxygen atoms in total. The summed E-state index contributed by atoms with van der Waals surface area (Å²) in [7, 11) is 4.48. The van der Waals surface area contributed by atoms with Crippen molar-refractivity contribution in [1.82, 2.24) is 10.2 Å². The lowest BCUT2D eigenvalue weighted by Gasteiger charge is -2.24. The van der Waals surface area contributed by atoms with E-state index in [9.17, 15) is 22.8 Å². The number of hydrogen-bond donors (Lipinski definition) is 1. The maximum Gasteiger partial charge on any atom is 0.416 e. The topological polar surface area (TPSA) is 71.1 Å². The lowest BCUT2D eigenvalue weighted by Crippen LogP contribution is -2.39. The molecule has 2 aromatic carbocycles. The predicted molar refractivity (Wildman–Crippen MR) is 124 cm³/mol. The molecular weight excluding hydrogens is 471 g/mol. The van der Waals surface area contributed by atoms with E-state index in [0.29, 0.717) is 17.9 Å². The number of ether oxygens (including phenoxy) is 2. The minimum absolute atomic E-state index is 0.000323. The molecule has 0 aliphatic carbocycles. The van der Waals surface area contributed by atoms with Crippen LogP contribution in [0.2, 0.25) is 0 Å². The van der Waals surface area contributed by atoms with Crippen molar-refractivity contribution in [2.45, 2.75) is 25.1 Å². The number of carbonyl (C=O) groups excluding carboxylic acids is 2. The highest BCUT2D eigenvalue weighted by Crippen LogP contribution is 2.34. The first-order valence-electron chi connectivity index (χ1n) is 10.3. The summed E-state index contributed by atoms with van der Waals surface area (Å²) in [5, 5.41) is 2.51. The third-order valence-electron chi connectivity index (χ3n) is 5.50. The molecule has 1 aliphatic heterocycles. The Bertz CT molecular complexity index is 1090. The second kappa shape index (κ2) is 10.3. The van der Waals surface area contributed by atoms with Crippen molar-refractivity contribution in [1.29, 1.82) is 0 Å². The molecule has 1 heterocycles. The van der Waals surface area contributed by atoms with Gasteiger partial charge in [-0.25, -0.2) is 0 Å². The Morgan fingerprint density at radius 1 is 1.12 bits per heavy atom. The third kappa shape index (κ3) is 5.24. The van der Waals surface area contributed by atoms with Gasteiger partial charge in [-0.15, -0.1) is 0 Å². The van der Waals surface area contributed by atoms with Gasteiger partial charge in [0.05, 0.1) is 31.9 Å². The molecule has 1 unspecified atom stereocenters. The second-order valence-corrected chi connectivity index (χ2v) is 7.90. The largest absolute Gasteiger partial charge is 0.493 e.